The number of halogens is 1. The highest BCUT2D eigenvalue weighted by Crippen LogP contribution is 2.15. The first-order chi connectivity index (χ1) is 11.1. The van der Waals surface area contributed by atoms with Crippen LogP contribution in [-0.2, 0) is 9.53 Å². The zero-order valence-electron chi connectivity index (χ0n) is 12.1. The molecule has 0 saturated carbocycles. The average molecular weight is 319 g/mol. The van der Waals surface area contributed by atoms with E-state index in [4.69, 9.17) is 4.74 Å². The van der Waals surface area contributed by atoms with Crippen LogP contribution in [0.1, 0.15) is 10.5 Å². The van der Waals surface area contributed by atoms with Crippen molar-refractivity contribution < 1.29 is 23.8 Å². The molecule has 1 aromatic heterocycles. The number of aliphatic carboxylic acids is 1. The highest BCUT2D eigenvalue weighted by molar-refractivity contribution is 5.95. The predicted molar refractivity (Wildman–Crippen MR) is 76.8 cm³/mol. The molecule has 1 aromatic carbocycles. The first-order valence-electron chi connectivity index (χ1n) is 7.00. The maximum absolute atomic E-state index is 13.8. The minimum atomic E-state index is -1.13. The van der Waals surface area contributed by atoms with Crippen LogP contribution in [0.15, 0.2) is 36.5 Å². The summed E-state index contributed by atoms with van der Waals surface area (Å²) in [5.41, 5.74) is 0.268. The third kappa shape index (κ3) is 2.93. The van der Waals surface area contributed by atoms with Gasteiger partial charge in [0.15, 0.2) is 11.7 Å². The monoisotopic (exact) mass is 319 g/mol. The lowest BCUT2D eigenvalue weighted by Crippen LogP contribution is -2.52. The van der Waals surface area contributed by atoms with E-state index in [0.717, 1.165) is 0 Å². The van der Waals surface area contributed by atoms with E-state index in [0.29, 0.717) is 0 Å². The Morgan fingerprint density at radius 3 is 2.83 bits per heavy atom. The molecule has 0 bridgehead atoms. The molecular formula is C15H14FN3O4. The van der Waals surface area contributed by atoms with Crippen molar-refractivity contribution in [3.63, 3.8) is 0 Å². The molecule has 0 radical (unpaired) electrons. The van der Waals surface area contributed by atoms with E-state index < -0.39 is 23.7 Å². The third-order valence-corrected chi connectivity index (χ3v) is 3.58. The minimum absolute atomic E-state index is 0.0569. The van der Waals surface area contributed by atoms with E-state index in [1.807, 2.05) is 0 Å². The first kappa shape index (κ1) is 15.2. The van der Waals surface area contributed by atoms with Crippen molar-refractivity contribution in [2.24, 2.45) is 0 Å². The molecule has 7 nitrogen and oxygen atoms in total. The van der Waals surface area contributed by atoms with E-state index >= 15 is 0 Å². The number of carbonyl (C=O) groups excluding carboxylic acids is 1. The number of nitrogens with zero attached hydrogens (tertiary/aromatic N) is 3. The Morgan fingerprint density at radius 1 is 1.30 bits per heavy atom. The van der Waals surface area contributed by atoms with Crippen molar-refractivity contribution in [3.8, 4) is 5.69 Å². The highest BCUT2D eigenvalue weighted by atomic mass is 19.1. The highest BCUT2D eigenvalue weighted by Gasteiger charge is 2.34. The molecule has 1 unspecified atom stereocenters. The standard InChI is InChI=1S/C15H14FN3O4/c16-10-3-1-2-4-12(10)19-6-5-11(17-19)14(20)18-7-8-23-9-13(18)15(21)22/h1-6,13H,7-9H2,(H,21,22). The van der Waals surface area contributed by atoms with Gasteiger partial charge in [0.2, 0.25) is 0 Å². The smallest absolute Gasteiger partial charge is 0.328 e. The Morgan fingerprint density at radius 2 is 2.09 bits per heavy atom. The molecule has 0 spiro atoms. The normalized spacial score (nSPS) is 18.0. The summed E-state index contributed by atoms with van der Waals surface area (Å²) in [6, 6.07) is 6.42. The van der Waals surface area contributed by atoms with Crippen LogP contribution < -0.4 is 0 Å². The van der Waals surface area contributed by atoms with Crippen LogP contribution in [0.25, 0.3) is 5.69 Å². The van der Waals surface area contributed by atoms with Crippen LogP contribution >= 0.6 is 0 Å². The number of rotatable bonds is 3. The summed E-state index contributed by atoms with van der Waals surface area (Å²) >= 11 is 0. The van der Waals surface area contributed by atoms with E-state index in [1.54, 1.807) is 12.1 Å². The summed E-state index contributed by atoms with van der Waals surface area (Å²) in [5, 5.41) is 13.2. The molecule has 120 valence electrons. The topological polar surface area (TPSA) is 84.7 Å². The number of amides is 1. The molecule has 1 aliphatic heterocycles. The Kier molecular flexibility index (Phi) is 4.07. The van der Waals surface area contributed by atoms with Gasteiger partial charge in [0.05, 0.1) is 13.2 Å². The van der Waals surface area contributed by atoms with Crippen LogP contribution in [-0.4, -0.2) is 57.5 Å². The number of carboxylic acids is 1. The number of carboxylic acid groups (broad SMARTS) is 1. The van der Waals surface area contributed by atoms with Gasteiger partial charge in [-0.05, 0) is 18.2 Å². The van der Waals surface area contributed by atoms with Gasteiger partial charge in [-0.1, -0.05) is 12.1 Å². The molecule has 1 N–H and O–H groups in total. The molecule has 1 atom stereocenters. The summed E-state index contributed by atoms with van der Waals surface area (Å²) in [7, 11) is 0. The van der Waals surface area contributed by atoms with Crippen molar-refractivity contribution in [1.29, 1.82) is 0 Å². The van der Waals surface area contributed by atoms with Gasteiger partial charge in [-0.2, -0.15) is 5.10 Å². The molecule has 8 heteroatoms. The second kappa shape index (κ2) is 6.17. The lowest BCUT2D eigenvalue weighted by atomic mass is 10.2. The van der Waals surface area contributed by atoms with Gasteiger partial charge < -0.3 is 14.7 Å². The second-order valence-corrected chi connectivity index (χ2v) is 5.02. The molecule has 2 aromatic rings. The number of morpholine rings is 1. The summed E-state index contributed by atoms with van der Waals surface area (Å²) in [6.07, 6.45) is 1.46. The molecule has 23 heavy (non-hydrogen) atoms. The Labute approximate surface area is 130 Å². The Bertz CT molecular complexity index is 746. The van der Waals surface area contributed by atoms with Crippen LogP contribution in [0.3, 0.4) is 0 Å². The van der Waals surface area contributed by atoms with E-state index in [1.165, 1.54) is 34.0 Å². The van der Waals surface area contributed by atoms with Gasteiger partial charge in [-0.3, -0.25) is 4.79 Å². The lowest BCUT2D eigenvalue weighted by Gasteiger charge is -2.32. The molecular weight excluding hydrogens is 305 g/mol. The summed E-state index contributed by atoms with van der Waals surface area (Å²) in [5.74, 6) is -2.12. The first-order valence-corrected chi connectivity index (χ1v) is 7.00. The van der Waals surface area contributed by atoms with Gasteiger partial charge in [0.1, 0.15) is 11.5 Å². The number of ether oxygens (including phenoxy) is 1. The summed E-state index contributed by atoms with van der Waals surface area (Å²) < 4.78 is 20.1. The summed E-state index contributed by atoms with van der Waals surface area (Å²) in [6.45, 7) is 0.376. The third-order valence-electron chi connectivity index (χ3n) is 3.58. The van der Waals surface area contributed by atoms with Crippen molar-refractivity contribution in [2.75, 3.05) is 19.8 Å². The molecule has 3 rings (SSSR count). The van der Waals surface area contributed by atoms with Crippen LogP contribution in [0.2, 0.25) is 0 Å². The van der Waals surface area contributed by atoms with Crippen LogP contribution in [0.5, 0.6) is 0 Å². The maximum atomic E-state index is 13.8. The fourth-order valence-electron chi connectivity index (χ4n) is 2.41. The Balaban J connectivity index is 1.86. The molecule has 1 amide bonds. The molecule has 1 saturated heterocycles. The lowest BCUT2D eigenvalue weighted by molar-refractivity contribution is -0.147. The van der Waals surface area contributed by atoms with Crippen molar-refractivity contribution in [3.05, 3.63) is 48.0 Å². The van der Waals surface area contributed by atoms with Gasteiger partial charge in [0, 0.05) is 12.7 Å². The van der Waals surface area contributed by atoms with Crippen molar-refractivity contribution in [1.82, 2.24) is 14.7 Å². The van der Waals surface area contributed by atoms with E-state index in [-0.39, 0.29) is 31.1 Å². The van der Waals surface area contributed by atoms with Gasteiger partial charge in [-0.15, -0.1) is 0 Å². The van der Waals surface area contributed by atoms with Gasteiger partial charge >= 0.3 is 5.97 Å². The van der Waals surface area contributed by atoms with Gasteiger partial charge in [0.25, 0.3) is 5.91 Å². The predicted octanol–water partition coefficient (Wildman–Crippen LogP) is 0.937. The SMILES string of the molecule is O=C(O)C1COCCN1C(=O)c1ccn(-c2ccccc2F)n1. The second-order valence-electron chi connectivity index (χ2n) is 5.02. The zero-order chi connectivity index (χ0) is 16.4. The molecule has 1 fully saturated rings. The largest absolute Gasteiger partial charge is 0.480 e. The minimum Gasteiger partial charge on any atom is -0.480 e. The number of para-hydroxylation sites is 1. The fraction of sp³-hybridized carbons (Fsp3) is 0.267. The van der Waals surface area contributed by atoms with Crippen LogP contribution in [0.4, 0.5) is 4.39 Å². The molecule has 0 aliphatic carbocycles. The molecule has 2 heterocycles. The average Bonchev–Trinajstić information content (AvgIpc) is 3.04. The summed E-state index contributed by atoms with van der Waals surface area (Å²) in [4.78, 5) is 24.9. The Hall–Kier alpha value is -2.74. The van der Waals surface area contributed by atoms with Gasteiger partial charge in [-0.25, -0.2) is 13.9 Å². The zero-order valence-corrected chi connectivity index (χ0v) is 12.1. The van der Waals surface area contributed by atoms with Crippen LogP contribution in [0, 0.1) is 5.82 Å². The van der Waals surface area contributed by atoms with Crippen molar-refractivity contribution >= 4 is 11.9 Å². The maximum Gasteiger partial charge on any atom is 0.328 e. The van der Waals surface area contributed by atoms with E-state index in [9.17, 15) is 19.1 Å². The number of aromatic nitrogens is 2. The quantitative estimate of drug-likeness (QED) is 0.910. The number of carbonyl (C=O) groups is 2. The van der Waals surface area contributed by atoms with Crippen molar-refractivity contribution in [2.45, 2.75) is 6.04 Å². The number of hydrogen-bond donors (Lipinski definition) is 1. The fourth-order valence-corrected chi connectivity index (χ4v) is 2.41. The van der Waals surface area contributed by atoms with E-state index in [2.05, 4.69) is 5.10 Å². The molecule has 1 aliphatic rings. The number of benzene rings is 1. The number of hydrogen-bond acceptors (Lipinski definition) is 4.